The number of quaternary nitrogens is 1. The molecule has 1 N–H and O–H groups in total. The third kappa shape index (κ3) is 2.01. The summed E-state index contributed by atoms with van der Waals surface area (Å²) in [5.74, 6) is 0. The van der Waals surface area contributed by atoms with Crippen molar-refractivity contribution < 1.29 is 4.90 Å². The van der Waals surface area contributed by atoms with Crippen LogP contribution >= 0.6 is 0 Å². The van der Waals surface area contributed by atoms with Crippen LogP contribution in [0.5, 0.6) is 0 Å². The van der Waals surface area contributed by atoms with E-state index < -0.39 is 0 Å². The molecule has 0 bridgehead atoms. The highest BCUT2D eigenvalue weighted by Crippen LogP contribution is 2.35. The van der Waals surface area contributed by atoms with Crippen LogP contribution in [0.4, 0.5) is 0 Å². The van der Waals surface area contributed by atoms with Crippen molar-refractivity contribution in [3.05, 3.63) is 35.9 Å². The SMILES string of the molecule is c1ccc(C2([NH+]3CCCC3)CCCCC2)cc1. The van der Waals surface area contributed by atoms with Crippen LogP contribution < -0.4 is 4.90 Å². The van der Waals surface area contributed by atoms with Crippen LogP contribution in [0.25, 0.3) is 0 Å². The zero-order valence-corrected chi connectivity index (χ0v) is 10.8. The molecule has 1 aliphatic heterocycles. The third-order valence-corrected chi connectivity index (χ3v) is 4.92. The van der Waals surface area contributed by atoms with Gasteiger partial charge >= 0.3 is 0 Å². The highest BCUT2D eigenvalue weighted by molar-refractivity contribution is 5.22. The van der Waals surface area contributed by atoms with E-state index in [1.807, 2.05) is 4.90 Å². The molecule has 1 heteroatoms. The van der Waals surface area contributed by atoms with E-state index in [9.17, 15) is 0 Å². The number of hydrogen-bond acceptors (Lipinski definition) is 0. The lowest BCUT2D eigenvalue weighted by atomic mass is 9.75. The highest BCUT2D eigenvalue weighted by Gasteiger charge is 2.44. The Morgan fingerprint density at radius 2 is 1.41 bits per heavy atom. The molecule has 0 atom stereocenters. The fraction of sp³-hybridized carbons (Fsp3) is 0.625. The smallest absolute Gasteiger partial charge is 0.123 e. The first-order chi connectivity index (χ1) is 8.42. The van der Waals surface area contributed by atoms with Gasteiger partial charge in [0.15, 0.2) is 0 Å². The Bertz CT molecular complexity index is 345. The Morgan fingerprint density at radius 3 is 2.06 bits per heavy atom. The Balaban J connectivity index is 1.95. The summed E-state index contributed by atoms with van der Waals surface area (Å²) in [5.41, 5.74) is 2.08. The van der Waals surface area contributed by atoms with Crippen molar-refractivity contribution in [2.45, 2.75) is 50.5 Å². The van der Waals surface area contributed by atoms with E-state index in [-0.39, 0.29) is 0 Å². The fourth-order valence-corrected chi connectivity index (χ4v) is 4.04. The molecule has 0 radical (unpaired) electrons. The molecular formula is C16H24N+. The first kappa shape index (κ1) is 11.3. The van der Waals surface area contributed by atoms with Gasteiger partial charge in [0.25, 0.3) is 0 Å². The molecule has 0 amide bonds. The van der Waals surface area contributed by atoms with E-state index in [4.69, 9.17) is 0 Å². The average Bonchev–Trinajstić information content (AvgIpc) is 2.95. The standard InChI is InChI=1S/C16H23N/c1-3-9-15(10-4-1)16(11-5-2-6-12-16)17-13-7-8-14-17/h1,3-4,9-10H,2,5-8,11-14H2/p+1. The van der Waals surface area contributed by atoms with Crippen molar-refractivity contribution in [1.82, 2.24) is 0 Å². The molecule has 0 aromatic heterocycles. The molecular weight excluding hydrogens is 206 g/mol. The predicted octanol–water partition coefficient (Wildman–Crippen LogP) is 2.52. The van der Waals surface area contributed by atoms with E-state index in [1.54, 1.807) is 5.56 Å². The van der Waals surface area contributed by atoms with Gasteiger partial charge in [0.05, 0.1) is 13.1 Å². The fourth-order valence-electron chi connectivity index (χ4n) is 4.04. The van der Waals surface area contributed by atoms with Crippen molar-refractivity contribution in [3.8, 4) is 0 Å². The number of rotatable bonds is 2. The Kier molecular flexibility index (Phi) is 3.19. The summed E-state index contributed by atoms with van der Waals surface area (Å²) in [6, 6.07) is 11.3. The minimum Gasteiger partial charge on any atom is -0.326 e. The molecule has 1 heterocycles. The summed E-state index contributed by atoms with van der Waals surface area (Å²) in [6.45, 7) is 2.80. The maximum atomic E-state index is 2.37. The van der Waals surface area contributed by atoms with Gasteiger partial charge in [0.2, 0.25) is 0 Å². The number of hydrogen-bond donors (Lipinski definition) is 1. The van der Waals surface area contributed by atoms with Crippen LogP contribution in [0, 0.1) is 0 Å². The van der Waals surface area contributed by atoms with E-state index in [2.05, 4.69) is 30.3 Å². The maximum absolute atomic E-state index is 2.37. The van der Waals surface area contributed by atoms with Crippen LogP contribution in [-0.2, 0) is 5.54 Å². The lowest BCUT2D eigenvalue weighted by molar-refractivity contribution is -0.952. The molecule has 1 aromatic rings. The van der Waals surface area contributed by atoms with Crippen molar-refractivity contribution in [2.24, 2.45) is 0 Å². The molecule has 2 aliphatic rings. The first-order valence-electron chi connectivity index (χ1n) is 7.32. The summed E-state index contributed by atoms with van der Waals surface area (Å²) < 4.78 is 0. The summed E-state index contributed by atoms with van der Waals surface area (Å²) >= 11 is 0. The van der Waals surface area contributed by atoms with Crippen molar-refractivity contribution in [2.75, 3.05) is 13.1 Å². The second-order valence-electron chi connectivity index (χ2n) is 5.82. The van der Waals surface area contributed by atoms with Gasteiger partial charge in [-0.2, -0.15) is 0 Å². The number of nitrogens with one attached hydrogen (secondary N) is 1. The summed E-state index contributed by atoms with van der Waals surface area (Å²) in [7, 11) is 0. The maximum Gasteiger partial charge on any atom is 0.123 e. The Labute approximate surface area is 105 Å². The molecule has 1 aliphatic carbocycles. The lowest BCUT2D eigenvalue weighted by Crippen LogP contribution is -3.17. The quantitative estimate of drug-likeness (QED) is 0.796. The minimum atomic E-state index is 0.468. The van der Waals surface area contributed by atoms with E-state index in [1.165, 1.54) is 58.0 Å². The summed E-state index contributed by atoms with van der Waals surface area (Å²) in [4.78, 5) is 1.88. The molecule has 3 rings (SSSR count). The van der Waals surface area contributed by atoms with Crippen molar-refractivity contribution in [1.29, 1.82) is 0 Å². The van der Waals surface area contributed by atoms with E-state index in [0.29, 0.717) is 5.54 Å². The monoisotopic (exact) mass is 230 g/mol. The van der Waals surface area contributed by atoms with Crippen LogP contribution in [0.15, 0.2) is 30.3 Å². The molecule has 2 fully saturated rings. The van der Waals surface area contributed by atoms with Gasteiger partial charge in [-0.05, 0) is 12.8 Å². The van der Waals surface area contributed by atoms with Crippen LogP contribution in [0.2, 0.25) is 0 Å². The topological polar surface area (TPSA) is 4.44 Å². The minimum absolute atomic E-state index is 0.468. The van der Waals surface area contributed by atoms with Gasteiger partial charge in [0.1, 0.15) is 5.54 Å². The second kappa shape index (κ2) is 4.81. The van der Waals surface area contributed by atoms with Gasteiger partial charge in [-0.1, -0.05) is 36.8 Å². The zero-order valence-electron chi connectivity index (χ0n) is 10.8. The molecule has 1 aromatic carbocycles. The molecule has 1 nitrogen and oxygen atoms in total. The second-order valence-corrected chi connectivity index (χ2v) is 5.82. The predicted molar refractivity (Wildman–Crippen MR) is 71.1 cm³/mol. The Morgan fingerprint density at radius 1 is 0.765 bits per heavy atom. The molecule has 92 valence electrons. The summed E-state index contributed by atoms with van der Waals surface area (Å²) in [6.07, 6.45) is 9.99. The van der Waals surface area contributed by atoms with Crippen LogP contribution in [-0.4, -0.2) is 13.1 Å². The van der Waals surface area contributed by atoms with Gasteiger partial charge in [-0.15, -0.1) is 0 Å². The number of benzene rings is 1. The number of likely N-dealkylation sites (tertiary alicyclic amines) is 1. The first-order valence-corrected chi connectivity index (χ1v) is 7.32. The van der Waals surface area contributed by atoms with E-state index in [0.717, 1.165) is 0 Å². The lowest BCUT2D eigenvalue weighted by Gasteiger charge is -2.42. The van der Waals surface area contributed by atoms with Crippen LogP contribution in [0.3, 0.4) is 0 Å². The summed E-state index contributed by atoms with van der Waals surface area (Å²) in [5, 5.41) is 0. The third-order valence-electron chi connectivity index (χ3n) is 4.92. The van der Waals surface area contributed by atoms with Gasteiger partial charge < -0.3 is 4.90 Å². The van der Waals surface area contributed by atoms with Gasteiger partial charge in [-0.25, -0.2) is 0 Å². The largest absolute Gasteiger partial charge is 0.326 e. The molecule has 1 saturated heterocycles. The molecule has 0 unspecified atom stereocenters. The molecule has 0 spiro atoms. The Hall–Kier alpha value is -0.820. The molecule has 1 saturated carbocycles. The van der Waals surface area contributed by atoms with Crippen molar-refractivity contribution >= 4 is 0 Å². The van der Waals surface area contributed by atoms with Gasteiger partial charge in [0, 0.05) is 31.2 Å². The van der Waals surface area contributed by atoms with E-state index >= 15 is 0 Å². The van der Waals surface area contributed by atoms with Gasteiger partial charge in [-0.3, -0.25) is 0 Å². The zero-order chi connectivity index (χ0) is 11.6. The molecule has 17 heavy (non-hydrogen) atoms. The average molecular weight is 230 g/mol. The van der Waals surface area contributed by atoms with Crippen molar-refractivity contribution in [3.63, 3.8) is 0 Å². The highest BCUT2D eigenvalue weighted by atomic mass is 15.2. The van der Waals surface area contributed by atoms with Crippen LogP contribution in [0.1, 0.15) is 50.5 Å². The normalized spacial score (nSPS) is 24.9.